The molecule has 2 aliphatic rings. The molecule has 1 saturated heterocycles. The third-order valence-electron chi connectivity index (χ3n) is 6.13. The number of Topliss-reactive ketones (excluding diaryl/α,β-unsaturated/α-hetero) is 1. The van der Waals surface area contributed by atoms with Gasteiger partial charge in [-0.3, -0.25) is 9.69 Å². The van der Waals surface area contributed by atoms with Crippen molar-refractivity contribution in [1.82, 2.24) is 4.90 Å². The van der Waals surface area contributed by atoms with Crippen LogP contribution in [0.25, 0.3) is 0 Å². The standard InChI is InChI=1S/C22H25NO4S/c24-21-14-18-4-2-1-3-17(18)13-20(21)23-11-9-16(10-12-23)22(25)15-5-7-19(8-6-15)28(26)27/h1-8,16,20-21,24H,9-14H2,(H,26,27)/t20?,21-/m1/s1. The number of carbonyl (C=O) groups is 1. The normalized spacial score (nSPS) is 24.5. The molecule has 4 rings (SSSR count). The largest absolute Gasteiger partial charge is 0.391 e. The number of ketones is 1. The van der Waals surface area contributed by atoms with E-state index in [9.17, 15) is 14.1 Å². The van der Waals surface area contributed by atoms with Crippen molar-refractivity contribution >= 4 is 16.9 Å². The summed E-state index contributed by atoms with van der Waals surface area (Å²) in [5.41, 5.74) is 3.15. The van der Waals surface area contributed by atoms with Gasteiger partial charge < -0.3 is 9.66 Å². The molecule has 2 unspecified atom stereocenters. The van der Waals surface area contributed by atoms with Crippen LogP contribution in [-0.2, 0) is 23.9 Å². The second-order valence-corrected chi connectivity index (χ2v) is 8.73. The Balaban J connectivity index is 1.38. The maximum atomic E-state index is 12.8. The number of benzene rings is 2. The van der Waals surface area contributed by atoms with Gasteiger partial charge in [0.05, 0.1) is 11.0 Å². The molecule has 1 fully saturated rings. The molecule has 0 radical (unpaired) electrons. The second kappa shape index (κ2) is 8.25. The molecule has 148 valence electrons. The van der Waals surface area contributed by atoms with E-state index in [1.807, 2.05) is 6.07 Å². The first kappa shape index (κ1) is 19.5. The summed E-state index contributed by atoms with van der Waals surface area (Å²) in [7, 11) is 0. The predicted octanol–water partition coefficient (Wildman–Crippen LogP) is 2.69. The van der Waals surface area contributed by atoms with Crippen molar-refractivity contribution in [2.24, 2.45) is 5.92 Å². The highest BCUT2D eigenvalue weighted by Gasteiger charge is 2.35. The zero-order valence-electron chi connectivity index (χ0n) is 15.7. The second-order valence-electron chi connectivity index (χ2n) is 7.76. The first-order valence-electron chi connectivity index (χ1n) is 9.77. The van der Waals surface area contributed by atoms with Gasteiger partial charge in [0.15, 0.2) is 16.9 Å². The molecule has 3 atom stereocenters. The van der Waals surface area contributed by atoms with Gasteiger partial charge in [0, 0.05) is 23.9 Å². The van der Waals surface area contributed by atoms with Crippen LogP contribution in [0, 0.1) is 5.92 Å². The molecule has 2 aromatic rings. The average molecular weight is 400 g/mol. The Morgan fingerprint density at radius 2 is 1.57 bits per heavy atom. The third kappa shape index (κ3) is 3.96. The van der Waals surface area contributed by atoms with Gasteiger partial charge in [0.25, 0.3) is 0 Å². The van der Waals surface area contributed by atoms with Gasteiger partial charge in [-0.2, -0.15) is 0 Å². The molecule has 0 bridgehead atoms. The molecular formula is C22H25NO4S. The molecule has 1 aliphatic carbocycles. The van der Waals surface area contributed by atoms with Crippen LogP contribution in [-0.4, -0.2) is 49.8 Å². The lowest BCUT2D eigenvalue weighted by Crippen LogP contribution is -2.51. The van der Waals surface area contributed by atoms with Gasteiger partial charge in [-0.15, -0.1) is 0 Å². The summed E-state index contributed by atoms with van der Waals surface area (Å²) in [6, 6.07) is 14.8. The van der Waals surface area contributed by atoms with Crippen LogP contribution in [0.15, 0.2) is 53.4 Å². The Hall–Kier alpha value is -1.86. The highest BCUT2D eigenvalue weighted by Crippen LogP contribution is 2.29. The van der Waals surface area contributed by atoms with Crippen LogP contribution < -0.4 is 0 Å². The molecule has 2 N–H and O–H groups in total. The zero-order valence-corrected chi connectivity index (χ0v) is 16.5. The van der Waals surface area contributed by atoms with Gasteiger partial charge in [-0.25, -0.2) is 4.21 Å². The Morgan fingerprint density at radius 1 is 0.964 bits per heavy atom. The van der Waals surface area contributed by atoms with Gasteiger partial charge in [-0.05, 0) is 55.6 Å². The number of nitrogens with zero attached hydrogens (tertiary/aromatic N) is 1. The number of fused-ring (bicyclic) bond motifs is 1. The van der Waals surface area contributed by atoms with Crippen LogP contribution in [0.2, 0.25) is 0 Å². The predicted molar refractivity (Wildman–Crippen MR) is 108 cm³/mol. The molecule has 28 heavy (non-hydrogen) atoms. The number of rotatable bonds is 4. The van der Waals surface area contributed by atoms with Crippen molar-refractivity contribution in [2.45, 2.75) is 42.7 Å². The number of carbonyl (C=O) groups excluding carboxylic acids is 1. The van der Waals surface area contributed by atoms with E-state index in [0.29, 0.717) is 16.9 Å². The fourth-order valence-electron chi connectivity index (χ4n) is 4.52. The minimum atomic E-state index is -2.02. The molecule has 5 nitrogen and oxygen atoms in total. The molecule has 0 amide bonds. The van der Waals surface area contributed by atoms with Crippen LogP contribution in [0.3, 0.4) is 0 Å². The number of aliphatic hydroxyl groups is 1. The molecular weight excluding hydrogens is 374 g/mol. The van der Waals surface area contributed by atoms with Crippen LogP contribution in [0.4, 0.5) is 0 Å². The van der Waals surface area contributed by atoms with Crippen LogP contribution in [0.5, 0.6) is 0 Å². The molecule has 1 aliphatic heterocycles. The number of likely N-dealkylation sites (tertiary alicyclic amines) is 1. The van der Waals surface area contributed by atoms with Gasteiger partial charge in [0.2, 0.25) is 0 Å². The monoisotopic (exact) mass is 399 g/mol. The Bertz CT molecular complexity index is 874. The molecule has 0 saturated carbocycles. The lowest BCUT2D eigenvalue weighted by atomic mass is 9.83. The fraction of sp³-hybridized carbons (Fsp3) is 0.409. The van der Waals surface area contributed by atoms with E-state index < -0.39 is 11.1 Å². The van der Waals surface area contributed by atoms with Gasteiger partial charge in [0.1, 0.15) is 0 Å². The van der Waals surface area contributed by atoms with Crippen molar-refractivity contribution < 1.29 is 18.7 Å². The molecule has 1 heterocycles. The molecule has 0 spiro atoms. The quantitative estimate of drug-likeness (QED) is 0.611. The van der Waals surface area contributed by atoms with E-state index >= 15 is 0 Å². The SMILES string of the molecule is O=C(c1ccc(S(=O)O)cc1)C1CCN(C2Cc3ccccc3C[C@H]2O)CC1. The maximum absolute atomic E-state index is 12.8. The van der Waals surface area contributed by atoms with E-state index in [0.717, 1.165) is 32.4 Å². The molecule has 2 aromatic carbocycles. The van der Waals surface area contributed by atoms with Crippen molar-refractivity contribution in [2.75, 3.05) is 13.1 Å². The number of hydrogen-bond acceptors (Lipinski definition) is 4. The van der Waals surface area contributed by atoms with Crippen molar-refractivity contribution in [3.63, 3.8) is 0 Å². The lowest BCUT2D eigenvalue weighted by Gasteiger charge is -2.41. The number of aliphatic hydroxyl groups excluding tert-OH is 1. The summed E-state index contributed by atoms with van der Waals surface area (Å²) in [6.45, 7) is 1.61. The Labute approximate surface area is 167 Å². The molecule has 6 heteroatoms. The summed E-state index contributed by atoms with van der Waals surface area (Å²) in [5.74, 6) is 0.0687. The summed E-state index contributed by atoms with van der Waals surface area (Å²) < 4.78 is 20.2. The summed E-state index contributed by atoms with van der Waals surface area (Å²) in [5, 5.41) is 10.6. The van der Waals surface area contributed by atoms with E-state index in [4.69, 9.17) is 4.55 Å². The van der Waals surface area contributed by atoms with Crippen LogP contribution in [0.1, 0.15) is 34.3 Å². The van der Waals surface area contributed by atoms with Crippen LogP contribution >= 0.6 is 0 Å². The highest BCUT2D eigenvalue weighted by atomic mass is 32.2. The Kier molecular flexibility index (Phi) is 5.73. The first-order chi connectivity index (χ1) is 13.5. The van der Waals surface area contributed by atoms with Gasteiger partial charge in [-0.1, -0.05) is 36.4 Å². The smallest absolute Gasteiger partial charge is 0.186 e. The highest BCUT2D eigenvalue weighted by molar-refractivity contribution is 7.79. The van der Waals surface area contributed by atoms with E-state index in [-0.39, 0.29) is 23.8 Å². The minimum absolute atomic E-state index is 0.0326. The first-order valence-corrected chi connectivity index (χ1v) is 10.9. The van der Waals surface area contributed by atoms with Crippen molar-refractivity contribution in [1.29, 1.82) is 0 Å². The third-order valence-corrected chi connectivity index (χ3v) is 6.81. The fourth-order valence-corrected chi connectivity index (χ4v) is 4.88. The van der Waals surface area contributed by atoms with Crippen molar-refractivity contribution in [3.05, 3.63) is 65.2 Å². The van der Waals surface area contributed by atoms with E-state index in [1.165, 1.54) is 23.3 Å². The summed E-state index contributed by atoms with van der Waals surface area (Å²) >= 11 is -2.02. The van der Waals surface area contributed by atoms with E-state index in [1.54, 1.807) is 12.1 Å². The summed E-state index contributed by atoms with van der Waals surface area (Å²) in [4.78, 5) is 15.4. The zero-order chi connectivity index (χ0) is 19.7. The Morgan fingerprint density at radius 3 is 2.18 bits per heavy atom. The van der Waals surface area contributed by atoms with E-state index in [2.05, 4.69) is 23.1 Å². The average Bonchev–Trinajstić information content (AvgIpc) is 2.73. The summed E-state index contributed by atoms with van der Waals surface area (Å²) in [6.07, 6.45) is 2.73. The number of piperidine rings is 1. The maximum Gasteiger partial charge on any atom is 0.186 e. The topological polar surface area (TPSA) is 77.8 Å². The lowest BCUT2D eigenvalue weighted by molar-refractivity contribution is 0.0239. The molecule has 0 aromatic heterocycles. The number of hydrogen-bond donors (Lipinski definition) is 2. The van der Waals surface area contributed by atoms with Crippen molar-refractivity contribution in [3.8, 4) is 0 Å². The minimum Gasteiger partial charge on any atom is -0.391 e. The van der Waals surface area contributed by atoms with Gasteiger partial charge >= 0.3 is 0 Å².